The Labute approximate surface area is 182 Å². The second-order valence-electron chi connectivity index (χ2n) is 6.97. The van der Waals surface area contributed by atoms with Crippen LogP contribution in [-0.4, -0.2) is 35.0 Å². The Hall–Kier alpha value is -2.38. The molecule has 0 spiro atoms. The maximum Gasteiger partial charge on any atom is 0.293 e. The van der Waals surface area contributed by atoms with Gasteiger partial charge in [0.15, 0.2) is 5.78 Å². The zero-order valence-corrected chi connectivity index (χ0v) is 18.5. The van der Waals surface area contributed by atoms with Crippen LogP contribution in [-0.2, 0) is 4.79 Å². The number of thioether (sulfide) groups is 1. The summed E-state index contributed by atoms with van der Waals surface area (Å²) in [6.07, 6.45) is 1.65. The van der Waals surface area contributed by atoms with E-state index in [1.807, 2.05) is 24.3 Å². The molecular weight excluding hydrogens is 454 g/mol. The van der Waals surface area contributed by atoms with Crippen LogP contribution in [0.3, 0.4) is 0 Å². The number of carbonyl (C=O) groups excluding carboxylic acids is 3. The average molecular weight is 474 g/mol. The highest BCUT2D eigenvalue weighted by atomic mass is 79.9. The number of hydrogen-bond acceptors (Lipinski definition) is 5. The van der Waals surface area contributed by atoms with Crippen molar-refractivity contribution in [1.82, 2.24) is 4.90 Å². The zero-order chi connectivity index (χ0) is 21.0. The molecule has 0 aliphatic carbocycles. The highest BCUT2D eigenvalue weighted by molar-refractivity contribution is 9.10. The molecule has 0 unspecified atom stereocenters. The van der Waals surface area contributed by atoms with Crippen LogP contribution >= 0.6 is 27.7 Å². The van der Waals surface area contributed by atoms with Crippen LogP contribution in [0.5, 0.6) is 5.75 Å². The Morgan fingerprint density at radius 1 is 1.10 bits per heavy atom. The third kappa shape index (κ3) is 5.58. The summed E-state index contributed by atoms with van der Waals surface area (Å²) in [5.41, 5.74) is 1.24. The minimum absolute atomic E-state index is 0.272. The fourth-order valence-electron chi connectivity index (χ4n) is 2.58. The number of ketones is 1. The Bertz CT molecular complexity index is 952. The SMILES string of the molecule is CC(C)COc1ccc(/C=C2\SC(=O)N(CC(=O)c3ccc(Br)cc3)C2=O)cc1. The van der Waals surface area contributed by atoms with Crippen LogP contribution in [0.4, 0.5) is 4.79 Å². The molecule has 3 rings (SSSR count). The molecule has 1 heterocycles. The number of ether oxygens (including phenoxy) is 1. The van der Waals surface area contributed by atoms with E-state index in [9.17, 15) is 14.4 Å². The van der Waals surface area contributed by atoms with Gasteiger partial charge in [0, 0.05) is 10.0 Å². The predicted molar refractivity (Wildman–Crippen MR) is 118 cm³/mol. The molecule has 1 aliphatic heterocycles. The van der Waals surface area contributed by atoms with Crippen LogP contribution in [0.15, 0.2) is 57.9 Å². The Kier molecular flexibility index (Phi) is 6.92. The van der Waals surface area contributed by atoms with Gasteiger partial charge in [-0.1, -0.05) is 54.0 Å². The number of rotatable bonds is 7. The normalized spacial score (nSPS) is 15.4. The molecule has 2 aromatic rings. The first-order valence-corrected chi connectivity index (χ1v) is 10.7. The summed E-state index contributed by atoms with van der Waals surface area (Å²) in [5.74, 6) is 0.448. The number of nitrogens with zero attached hydrogens (tertiary/aromatic N) is 1. The highest BCUT2D eigenvalue weighted by Gasteiger charge is 2.36. The lowest BCUT2D eigenvalue weighted by atomic mass is 10.1. The number of imide groups is 1. The monoisotopic (exact) mass is 473 g/mol. The van der Waals surface area contributed by atoms with E-state index in [1.54, 1.807) is 30.3 Å². The molecule has 150 valence electrons. The molecule has 0 saturated carbocycles. The second kappa shape index (κ2) is 9.41. The first-order valence-electron chi connectivity index (χ1n) is 9.10. The predicted octanol–water partition coefficient (Wildman–Crippen LogP) is 5.40. The second-order valence-corrected chi connectivity index (χ2v) is 8.88. The van der Waals surface area contributed by atoms with Crippen molar-refractivity contribution in [3.05, 3.63) is 69.0 Å². The first-order chi connectivity index (χ1) is 13.8. The van der Waals surface area contributed by atoms with Gasteiger partial charge in [0.1, 0.15) is 5.75 Å². The molecule has 0 N–H and O–H groups in total. The van der Waals surface area contributed by atoms with Gasteiger partial charge in [-0.25, -0.2) is 0 Å². The van der Waals surface area contributed by atoms with Crippen LogP contribution in [0.1, 0.15) is 29.8 Å². The lowest BCUT2D eigenvalue weighted by molar-refractivity contribution is -0.122. The fourth-order valence-corrected chi connectivity index (χ4v) is 3.68. The molecule has 7 heteroatoms. The summed E-state index contributed by atoms with van der Waals surface area (Å²) < 4.78 is 6.50. The van der Waals surface area contributed by atoms with Crippen LogP contribution in [0.2, 0.25) is 0 Å². The molecule has 0 bridgehead atoms. The summed E-state index contributed by atoms with van der Waals surface area (Å²) in [6, 6.07) is 14.1. The van der Waals surface area contributed by atoms with Crippen molar-refractivity contribution in [2.24, 2.45) is 5.92 Å². The number of Topliss-reactive ketones (excluding diaryl/α,β-unsaturated/α-hetero) is 1. The van der Waals surface area contributed by atoms with E-state index in [2.05, 4.69) is 29.8 Å². The van der Waals surface area contributed by atoms with Gasteiger partial charge < -0.3 is 4.74 Å². The van der Waals surface area contributed by atoms with Gasteiger partial charge in [0.2, 0.25) is 0 Å². The largest absolute Gasteiger partial charge is 0.493 e. The van der Waals surface area contributed by atoms with Gasteiger partial charge in [0.25, 0.3) is 11.1 Å². The maximum absolute atomic E-state index is 12.6. The van der Waals surface area contributed by atoms with E-state index in [4.69, 9.17) is 4.74 Å². The number of halogens is 1. The lowest BCUT2D eigenvalue weighted by Crippen LogP contribution is -2.33. The van der Waals surface area contributed by atoms with Crippen molar-refractivity contribution in [1.29, 1.82) is 0 Å². The van der Waals surface area contributed by atoms with Crippen molar-refractivity contribution in [2.45, 2.75) is 13.8 Å². The van der Waals surface area contributed by atoms with Gasteiger partial charge in [-0.15, -0.1) is 0 Å². The van der Waals surface area contributed by atoms with Gasteiger partial charge in [-0.2, -0.15) is 0 Å². The molecule has 1 aliphatic rings. The Morgan fingerprint density at radius 2 is 1.76 bits per heavy atom. The van der Waals surface area contributed by atoms with Crippen molar-refractivity contribution in [3.8, 4) is 5.75 Å². The number of benzene rings is 2. The molecule has 5 nitrogen and oxygen atoms in total. The summed E-state index contributed by atoms with van der Waals surface area (Å²) in [6.45, 7) is 4.51. The Morgan fingerprint density at radius 3 is 2.38 bits per heavy atom. The van der Waals surface area contributed by atoms with Crippen molar-refractivity contribution in [3.63, 3.8) is 0 Å². The zero-order valence-electron chi connectivity index (χ0n) is 16.1. The van der Waals surface area contributed by atoms with E-state index in [0.717, 1.165) is 32.4 Å². The average Bonchev–Trinajstić information content (AvgIpc) is 2.95. The molecule has 1 saturated heterocycles. The molecule has 1 fully saturated rings. The lowest BCUT2D eigenvalue weighted by Gasteiger charge is -2.11. The van der Waals surface area contributed by atoms with Crippen LogP contribution in [0, 0.1) is 5.92 Å². The first kappa shape index (κ1) is 21.3. The molecule has 2 amide bonds. The molecule has 0 aromatic heterocycles. The number of carbonyl (C=O) groups is 3. The third-order valence-corrected chi connectivity index (χ3v) is 5.54. The summed E-state index contributed by atoms with van der Waals surface area (Å²) in [4.78, 5) is 38.6. The molecule has 29 heavy (non-hydrogen) atoms. The van der Waals surface area contributed by atoms with Crippen molar-refractivity contribution >= 4 is 50.7 Å². The van der Waals surface area contributed by atoms with Gasteiger partial charge >= 0.3 is 0 Å². The highest BCUT2D eigenvalue weighted by Crippen LogP contribution is 2.32. The van der Waals surface area contributed by atoms with Crippen LogP contribution < -0.4 is 4.74 Å². The fraction of sp³-hybridized carbons (Fsp3) is 0.227. The van der Waals surface area contributed by atoms with E-state index in [0.29, 0.717) is 23.0 Å². The van der Waals surface area contributed by atoms with E-state index in [1.165, 1.54) is 0 Å². The van der Waals surface area contributed by atoms with Crippen LogP contribution in [0.25, 0.3) is 6.08 Å². The summed E-state index contributed by atoms with van der Waals surface area (Å²) in [5, 5.41) is -0.441. The van der Waals surface area contributed by atoms with E-state index in [-0.39, 0.29) is 12.3 Å². The Balaban J connectivity index is 1.68. The topological polar surface area (TPSA) is 63.7 Å². The van der Waals surface area contributed by atoms with E-state index >= 15 is 0 Å². The maximum atomic E-state index is 12.6. The van der Waals surface area contributed by atoms with Gasteiger partial charge in [0.05, 0.1) is 18.1 Å². The number of hydrogen-bond donors (Lipinski definition) is 0. The minimum Gasteiger partial charge on any atom is -0.493 e. The minimum atomic E-state index is -0.453. The summed E-state index contributed by atoms with van der Waals surface area (Å²) >= 11 is 4.15. The summed E-state index contributed by atoms with van der Waals surface area (Å²) in [7, 11) is 0. The number of amides is 2. The van der Waals surface area contributed by atoms with Crippen molar-refractivity contribution in [2.75, 3.05) is 13.2 Å². The van der Waals surface area contributed by atoms with Crippen molar-refractivity contribution < 1.29 is 19.1 Å². The van der Waals surface area contributed by atoms with E-state index < -0.39 is 11.1 Å². The third-order valence-electron chi connectivity index (χ3n) is 4.10. The van der Waals surface area contributed by atoms with Gasteiger partial charge in [-0.3, -0.25) is 19.3 Å². The van der Waals surface area contributed by atoms with Gasteiger partial charge in [-0.05, 0) is 53.6 Å². The standard InChI is InChI=1S/C22H20BrNO4S/c1-14(2)13-28-18-9-3-15(4-10-18)11-20-21(26)24(22(27)29-20)12-19(25)16-5-7-17(23)8-6-16/h3-11,14H,12-13H2,1-2H3/b20-11-. The molecule has 0 atom stereocenters. The quantitative estimate of drug-likeness (QED) is 0.397. The molecule has 2 aromatic carbocycles. The smallest absolute Gasteiger partial charge is 0.293 e. The molecule has 0 radical (unpaired) electrons. The molecular formula is C22H20BrNO4S.